The number of allylic oxidation sites excluding steroid dienone is 2. The van der Waals surface area contributed by atoms with E-state index in [1.165, 1.54) is 18.4 Å². The predicted molar refractivity (Wildman–Crippen MR) is 160 cm³/mol. The van der Waals surface area contributed by atoms with Gasteiger partial charge in [0.2, 0.25) is 0 Å². The van der Waals surface area contributed by atoms with Crippen molar-refractivity contribution >= 4 is 11.9 Å². The van der Waals surface area contributed by atoms with Crippen molar-refractivity contribution in [2.45, 2.75) is 71.3 Å². The Hall–Kier alpha value is -2.85. The van der Waals surface area contributed by atoms with E-state index in [9.17, 15) is 9.90 Å². The Labute approximate surface area is 239 Å². The third-order valence-electron chi connectivity index (χ3n) is 11.5. The maximum Gasteiger partial charge on any atom is 0.159 e. The molecular weight excluding hydrogens is 496 g/mol. The number of ether oxygens (including phenoxy) is 2. The quantitative estimate of drug-likeness (QED) is 0.299. The molecule has 0 aliphatic heterocycles. The van der Waals surface area contributed by atoms with Gasteiger partial charge in [0.25, 0.3) is 0 Å². The van der Waals surface area contributed by atoms with Crippen LogP contribution in [0.15, 0.2) is 60.2 Å². The molecule has 0 spiro atoms. The number of fused-ring (bicyclic) bond motifs is 5. The van der Waals surface area contributed by atoms with Gasteiger partial charge in [-0.2, -0.15) is 0 Å². The highest BCUT2D eigenvalue weighted by Gasteiger charge is 2.59. The van der Waals surface area contributed by atoms with Crippen molar-refractivity contribution in [2.75, 3.05) is 14.2 Å². The van der Waals surface area contributed by atoms with E-state index >= 15 is 0 Å². The summed E-state index contributed by atoms with van der Waals surface area (Å²) in [5.41, 5.74) is 4.96. The summed E-state index contributed by atoms with van der Waals surface area (Å²) in [5.74, 6) is 3.94. The molecule has 4 nitrogen and oxygen atoms in total. The van der Waals surface area contributed by atoms with Crippen molar-refractivity contribution in [1.29, 1.82) is 0 Å². The highest BCUT2D eigenvalue weighted by Crippen LogP contribution is 2.66. The summed E-state index contributed by atoms with van der Waals surface area (Å²) >= 11 is 0. The van der Waals surface area contributed by atoms with E-state index in [0.29, 0.717) is 23.5 Å². The summed E-state index contributed by atoms with van der Waals surface area (Å²) in [6.45, 7) is 4.89. The van der Waals surface area contributed by atoms with Gasteiger partial charge < -0.3 is 14.6 Å². The predicted octanol–water partition coefficient (Wildman–Crippen LogP) is 7.89. The molecule has 0 amide bonds. The van der Waals surface area contributed by atoms with Crippen LogP contribution >= 0.6 is 0 Å². The SMILES string of the molecule is COc1ccc(-c2ccc(/C=C/C(=O)[C@H]3CC[C@H]4[C@@H]5CC=C6C[C@@H](O)CC[C@]6(C)[C@H]5CC[C@]34C)cc2)c(OC)c1. The van der Waals surface area contributed by atoms with Crippen LogP contribution in [0, 0.1) is 34.5 Å². The van der Waals surface area contributed by atoms with Crippen LogP contribution in [0.25, 0.3) is 17.2 Å². The van der Waals surface area contributed by atoms with Crippen molar-refractivity contribution in [3.8, 4) is 22.6 Å². The average Bonchev–Trinajstić information content (AvgIpc) is 3.33. The van der Waals surface area contributed by atoms with E-state index in [4.69, 9.17) is 9.47 Å². The Morgan fingerprint density at radius 3 is 2.50 bits per heavy atom. The molecule has 2 aromatic carbocycles. The number of benzene rings is 2. The van der Waals surface area contributed by atoms with Crippen LogP contribution in [-0.2, 0) is 4.79 Å². The first-order chi connectivity index (χ1) is 19.3. The smallest absolute Gasteiger partial charge is 0.159 e. The normalized spacial score (nSPS) is 34.9. The molecule has 3 fully saturated rings. The van der Waals surface area contributed by atoms with Crippen molar-refractivity contribution < 1.29 is 19.4 Å². The molecule has 1 N–H and O–H groups in total. The molecule has 0 heterocycles. The highest BCUT2D eigenvalue weighted by molar-refractivity contribution is 5.96. The Balaban J connectivity index is 1.15. The summed E-state index contributed by atoms with van der Waals surface area (Å²) in [5, 5.41) is 10.3. The maximum atomic E-state index is 13.6. The molecule has 0 aromatic heterocycles. The van der Waals surface area contributed by atoms with Crippen molar-refractivity contribution in [2.24, 2.45) is 34.5 Å². The standard InChI is InChI=1S/C36H44O4/c1-35-19-17-26(37)21-25(35)10-12-29-30-14-15-32(36(30,2)20-18-31(29)35)33(38)16-7-23-5-8-24(9-6-23)28-13-11-27(39-3)22-34(28)40-4/h5-11,13,16,22,26,29-32,37H,12,14-15,17-21H2,1-4H3/b16-7+/t26-,29-,30-,31-,32+,35-,36-/m0/s1. The molecule has 4 heteroatoms. The molecule has 0 bridgehead atoms. The number of rotatable bonds is 6. The van der Waals surface area contributed by atoms with Gasteiger partial charge in [-0.15, -0.1) is 0 Å². The van der Waals surface area contributed by atoms with Gasteiger partial charge in [-0.05, 0) is 109 Å². The summed E-state index contributed by atoms with van der Waals surface area (Å²) in [6, 6.07) is 14.2. The van der Waals surface area contributed by atoms with Crippen LogP contribution < -0.4 is 9.47 Å². The van der Waals surface area contributed by atoms with Crippen LogP contribution in [0.1, 0.15) is 70.8 Å². The average molecular weight is 541 g/mol. The molecule has 212 valence electrons. The first-order valence-electron chi connectivity index (χ1n) is 15.2. The number of hydrogen-bond donors (Lipinski definition) is 1. The molecule has 4 aliphatic rings. The number of methoxy groups -OCH3 is 2. The van der Waals surface area contributed by atoms with E-state index in [1.807, 2.05) is 30.4 Å². The van der Waals surface area contributed by atoms with Gasteiger partial charge >= 0.3 is 0 Å². The van der Waals surface area contributed by atoms with Crippen LogP contribution in [0.5, 0.6) is 11.5 Å². The fourth-order valence-corrected chi connectivity index (χ4v) is 9.21. The van der Waals surface area contributed by atoms with Crippen molar-refractivity contribution in [1.82, 2.24) is 0 Å². The minimum absolute atomic E-state index is 0.0905. The number of hydrogen-bond acceptors (Lipinski definition) is 4. The Bertz CT molecular complexity index is 1320. The monoisotopic (exact) mass is 540 g/mol. The van der Waals surface area contributed by atoms with E-state index in [1.54, 1.807) is 14.2 Å². The largest absolute Gasteiger partial charge is 0.497 e. The highest BCUT2D eigenvalue weighted by atomic mass is 16.5. The zero-order valence-electron chi connectivity index (χ0n) is 24.5. The molecule has 0 radical (unpaired) electrons. The van der Waals surface area contributed by atoms with Gasteiger partial charge in [-0.3, -0.25) is 4.79 Å². The van der Waals surface area contributed by atoms with Crippen LogP contribution in [0.3, 0.4) is 0 Å². The van der Waals surface area contributed by atoms with E-state index in [0.717, 1.165) is 66.7 Å². The third-order valence-corrected chi connectivity index (χ3v) is 11.5. The molecule has 6 rings (SSSR count). The Morgan fingerprint density at radius 2 is 1.75 bits per heavy atom. The van der Waals surface area contributed by atoms with E-state index < -0.39 is 0 Å². The second-order valence-corrected chi connectivity index (χ2v) is 13.3. The van der Waals surface area contributed by atoms with Gasteiger partial charge in [-0.25, -0.2) is 0 Å². The zero-order chi connectivity index (χ0) is 28.1. The fourth-order valence-electron chi connectivity index (χ4n) is 9.21. The second kappa shape index (κ2) is 10.5. The topological polar surface area (TPSA) is 55.8 Å². The first-order valence-corrected chi connectivity index (χ1v) is 15.2. The molecule has 0 unspecified atom stereocenters. The number of aliphatic hydroxyl groups excluding tert-OH is 1. The summed E-state index contributed by atoms with van der Waals surface area (Å²) in [6.07, 6.45) is 14.7. The lowest BCUT2D eigenvalue weighted by Crippen LogP contribution is -2.50. The lowest BCUT2D eigenvalue weighted by molar-refractivity contribution is -0.124. The molecule has 40 heavy (non-hydrogen) atoms. The first kappa shape index (κ1) is 27.3. The van der Waals surface area contributed by atoms with Crippen molar-refractivity contribution in [3.63, 3.8) is 0 Å². The molecule has 3 saturated carbocycles. The second-order valence-electron chi connectivity index (χ2n) is 13.3. The fraction of sp³-hybridized carbons (Fsp3) is 0.528. The minimum Gasteiger partial charge on any atom is -0.497 e. The molecule has 2 aromatic rings. The van der Waals surface area contributed by atoms with Crippen LogP contribution in [0.2, 0.25) is 0 Å². The van der Waals surface area contributed by atoms with Gasteiger partial charge in [0.1, 0.15) is 11.5 Å². The molecule has 0 saturated heterocycles. The number of carbonyl (C=O) groups is 1. The summed E-state index contributed by atoms with van der Waals surface area (Å²) < 4.78 is 10.9. The number of carbonyl (C=O) groups excluding carboxylic acids is 1. The van der Waals surface area contributed by atoms with E-state index in [2.05, 4.69) is 44.2 Å². The van der Waals surface area contributed by atoms with Gasteiger partial charge in [0.15, 0.2) is 5.78 Å². The number of aliphatic hydroxyl groups is 1. The lowest BCUT2D eigenvalue weighted by atomic mass is 9.47. The molecule has 4 aliphatic carbocycles. The lowest BCUT2D eigenvalue weighted by Gasteiger charge is -2.57. The van der Waals surface area contributed by atoms with Gasteiger partial charge in [0, 0.05) is 17.5 Å². The van der Waals surface area contributed by atoms with E-state index in [-0.39, 0.29) is 22.9 Å². The molecular formula is C36H44O4. The minimum atomic E-state index is -0.161. The van der Waals surface area contributed by atoms with Gasteiger partial charge in [-0.1, -0.05) is 55.8 Å². The Kier molecular flexibility index (Phi) is 7.19. The Morgan fingerprint density at radius 1 is 0.950 bits per heavy atom. The summed E-state index contributed by atoms with van der Waals surface area (Å²) in [4.78, 5) is 13.6. The van der Waals surface area contributed by atoms with Crippen molar-refractivity contribution in [3.05, 3.63) is 65.8 Å². The number of ketones is 1. The van der Waals surface area contributed by atoms with Crippen LogP contribution in [0.4, 0.5) is 0 Å². The van der Waals surface area contributed by atoms with Gasteiger partial charge in [0.05, 0.1) is 20.3 Å². The maximum absolute atomic E-state index is 13.6. The van der Waals surface area contributed by atoms with Crippen LogP contribution in [-0.4, -0.2) is 31.2 Å². The molecule has 7 atom stereocenters. The summed E-state index contributed by atoms with van der Waals surface area (Å²) in [7, 11) is 3.32. The third kappa shape index (κ3) is 4.53. The zero-order valence-corrected chi connectivity index (χ0v) is 24.5.